The molecule has 0 saturated carbocycles. The lowest BCUT2D eigenvalue weighted by Gasteiger charge is -2.40. The third kappa shape index (κ3) is 4.49. The molecule has 202 valence electrons. The van der Waals surface area contributed by atoms with E-state index >= 15 is 0 Å². The predicted molar refractivity (Wildman–Crippen MR) is 144 cm³/mol. The third-order valence-electron chi connectivity index (χ3n) is 7.42. The lowest BCUT2D eigenvalue weighted by Crippen LogP contribution is -2.55. The molecule has 4 aliphatic rings. The minimum absolute atomic E-state index is 0.00289. The van der Waals surface area contributed by atoms with E-state index in [0.717, 1.165) is 17.5 Å². The van der Waals surface area contributed by atoms with Crippen LogP contribution in [0, 0.1) is 6.92 Å². The number of aromatic hydroxyl groups is 2. The number of Topliss-reactive ketones (excluding diaryl/α,β-unsaturated/α-hetero) is 1. The largest absolute Gasteiger partial charge is 0.507 e. The van der Waals surface area contributed by atoms with E-state index in [9.17, 15) is 15.0 Å². The molecule has 2 bridgehead atoms. The van der Waals surface area contributed by atoms with Crippen molar-refractivity contribution in [3.05, 3.63) is 28.8 Å². The van der Waals surface area contributed by atoms with E-state index in [2.05, 4.69) is 0 Å². The van der Waals surface area contributed by atoms with Gasteiger partial charge in [-0.15, -0.1) is 23.5 Å². The van der Waals surface area contributed by atoms with Gasteiger partial charge in [0.2, 0.25) is 5.79 Å². The highest BCUT2D eigenvalue weighted by molar-refractivity contribution is 8.17. The first-order valence-electron chi connectivity index (χ1n) is 12.5. The number of ether oxygens (including phenoxy) is 5. The van der Waals surface area contributed by atoms with E-state index < -0.39 is 5.79 Å². The van der Waals surface area contributed by atoms with Crippen LogP contribution < -0.4 is 4.74 Å². The Morgan fingerprint density at radius 3 is 2.49 bits per heavy atom. The van der Waals surface area contributed by atoms with Crippen molar-refractivity contribution in [1.29, 1.82) is 0 Å². The molecule has 2 aromatic carbocycles. The number of fused-ring (bicyclic) bond motifs is 4. The maximum Gasteiger partial charge on any atom is 0.219 e. The number of carbonyl (C=O) groups is 1. The van der Waals surface area contributed by atoms with Gasteiger partial charge < -0.3 is 33.9 Å². The van der Waals surface area contributed by atoms with Crippen molar-refractivity contribution in [2.24, 2.45) is 0 Å². The summed E-state index contributed by atoms with van der Waals surface area (Å²) in [6.45, 7) is 2.48. The van der Waals surface area contributed by atoms with Gasteiger partial charge in [-0.2, -0.15) is 0 Å². The van der Waals surface area contributed by atoms with Crippen LogP contribution in [0.5, 0.6) is 17.2 Å². The summed E-state index contributed by atoms with van der Waals surface area (Å²) < 4.78 is 28.9. The van der Waals surface area contributed by atoms with Gasteiger partial charge in [-0.3, -0.25) is 4.79 Å². The smallest absolute Gasteiger partial charge is 0.219 e. The van der Waals surface area contributed by atoms with E-state index in [1.807, 2.05) is 36.5 Å². The lowest BCUT2D eigenvalue weighted by molar-refractivity contribution is -0.205. The number of methoxy groups -OCH3 is 3. The van der Waals surface area contributed by atoms with Crippen LogP contribution in [0.1, 0.15) is 40.7 Å². The highest BCUT2D eigenvalue weighted by Crippen LogP contribution is 2.52. The molecule has 2 aromatic rings. The zero-order valence-corrected chi connectivity index (χ0v) is 23.2. The first-order chi connectivity index (χ1) is 17.9. The van der Waals surface area contributed by atoms with Crippen molar-refractivity contribution >= 4 is 40.1 Å². The summed E-state index contributed by atoms with van der Waals surface area (Å²) in [7, 11) is 4.98. The van der Waals surface area contributed by atoms with Gasteiger partial charge in [-0.1, -0.05) is 0 Å². The van der Waals surface area contributed by atoms with Crippen LogP contribution in [0.25, 0.3) is 10.8 Å². The Morgan fingerprint density at radius 1 is 1.05 bits per heavy atom. The number of rotatable bonds is 4. The molecule has 0 amide bonds. The van der Waals surface area contributed by atoms with E-state index in [1.54, 1.807) is 27.4 Å². The molecule has 37 heavy (non-hydrogen) atoms. The average Bonchev–Trinajstić information content (AvgIpc) is 3.47. The van der Waals surface area contributed by atoms with Gasteiger partial charge in [0.15, 0.2) is 5.78 Å². The Morgan fingerprint density at radius 2 is 1.81 bits per heavy atom. The summed E-state index contributed by atoms with van der Waals surface area (Å²) in [5.74, 6) is 2.07. The van der Waals surface area contributed by atoms with Crippen LogP contribution >= 0.6 is 23.5 Å². The van der Waals surface area contributed by atoms with E-state index in [4.69, 9.17) is 23.7 Å². The standard InChI is InChI=1S/C16H16O4.C11H18O4S2/c1-8-6-10-14(12(18)7-8)15(19)13-9(16(10)20-2)4-3-5-11(13)17;1-12-8-7-6-14-11(15-7,9(8)13-2)10-16-4-3-5-17-10/h6-7,18-19H,3-5H2,1-2H3;7-10H,3-6H2,1-2H3. The molecule has 3 aliphatic heterocycles. The summed E-state index contributed by atoms with van der Waals surface area (Å²) in [6, 6.07) is 3.42. The quantitative estimate of drug-likeness (QED) is 0.568. The fraction of sp³-hybridized carbons (Fsp3) is 0.593. The van der Waals surface area contributed by atoms with Crippen LogP contribution in [0.2, 0.25) is 0 Å². The summed E-state index contributed by atoms with van der Waals surface area (Å²) >= 11 is 3.84. The zero-order valence-electron chi connectivity index (χ0n) is 21.6. The van der Waals surface area contributed by atoms with Crippen molar-refractivity contribution in [3.63, 3.8) is 0 Å². The second kappa shape index (κ2) is 10.8. The van der Waals surface area contributed by atoms with Gasteiger partial charge in [0.05, 0.1) is 24.7 Å². The summed E-state index contributed by atoms with van der Waals surface area (Å²) in [5.41, 5.74) is 1.92. The van der Waals surface area contributed by atoms with E-state index in [-0.39, 0.29) is 35.6 Å². The van der Waals surface area contributed by atoms with Gasteiger partial charge in [-0.25, -0.2) is 0 Å². The Hall–Kier alpha value is -1.69. The molecule has 0 aromatic heterocycles. The lowest BCUT2D eigenvalue weighted by atomic mass is 9.86. The summed E-state index contributed by atoms with van der Waals surface area (Å²) in [4.78, 5) is 12.1. The van der Waals surface area contributed by atoms with Crippen molar-refractivity contribution in [2.45, 2.75) is 61.3 Å². The average molecular weight is 551 g/mol. The Balaban J connectivity index is 0.000000153. The SMILES string of the molecule is COC1C2COC(C3SCCCS3)(O2)C1OC.COc1c2c(c(O)c3c(O)cc(C)cc13)C(=O)CCC2. The molecule has 8 nitrogen and oxygen atoms in total. The van der Waals surface area contributed by atoms with Crippen LogP contribution in [0.4, 0.5) is 0 Å². The van der Waals surface area contributed by atoms with Crippen molar-refractivity contribution in [2.75, 3.05) is 39.4 Å². The molecular weight excluding hydrogens is 516 g/mol. The second-order valence-electron chi connectivity index (χ2n) is 9.69. The van der Waals surface area contributed by atoms with Crippen LogP contribution in [0.3, 0.4) is 0 Å². The number of hydrogen-bond acceptors (Lipinski definition) is 10. The van der Waals surface area contributed by atoms with Crippen LogP contribution in [-0.2, 0) is 25.4 Å². The number of aryl methyl sites for hydroxylation is 1. The molecule has 4 atom stereocenters. The number of benzene rings is 2. The normalized spacial score (nSPS) is 29.2. The number of ketones is 1. The molecule has 0 radical (unpaired) electrons. The first-order valence-corrected chi connectivity index (χ1v) is 14.6. The molecule has 10 heteroatoms. The summed E-state index contributed by atoms with van der Waals surface area (Å²) in [5, 5.41) is 21.5. The Labute approximate surface area is 225 Å². The second-order valence-corrected chi connectivity index (χ2v) is 12.4. The van der Waals surface area contributed by atoms with Crippen molar-refractivity contribution < 1.29 is 38.7 Å². The van der Waals surface area contributed by atoms with Gasteiger partial charge in [0.1, 0.15) is 40.1 Å². The fourth-order valence-corrected chi connectivity index (χ4v) is 9.04. The number of thioether (sulfide) groups is 2. The summed E-state index contributed by atoms with van der Waals surface area (Å²) in [6.07, 6.45) is 3.03. The monoisotopic (exact) mass is 550 g/mol. The molecule has 6 rings (SSSR count). The minimum atomic E-state index is -0.601. The zero-order chi connectivity index (χ0) is 26.3. The van der Waals surface area contributed by atoms with E-state index in [1.165, 1.54) is 17.9 Å². The highest BCUT2D eigenvalue weighted by Gasteiger charge is 2.66. The molecular formula is C27H34O8S2. The maximum atomic E-state index is 12.1. The fourth-order valence-electron chi connectivity index (χ4n) is 5.87. The van der Waals surface area contributed by atoms with Crippen molar-refractivity contribution in [1.82, 2.24) is 0 Å². The van der Waals surface area contributed by atoms with Gasteiger partial charge in [-0.05, 0) is 55.4 Å². The van der Waals surface area contributed by atoms with Gasteiger partial charge in [0, 0.05) is 31.6 Å². The first kappa shape index (κ1) is 26.9. The number of phenols is 2. The topological polar surface area (TPSA) is 104 Å². The molecule has 1 aliphatic carbocycles. The van der Waals surface area contributed by atoms with Crippen molar-refractivity contribution in [3.8, 4) is 17.2 Å². The van der Waals surface area contributed by atoms with E-state index in [0.29, 0.717) is 46.1 Å². The molecule has 4 unspecified atom stereocenters. The van der Waals surface area contributed by atoms with Crippen LogP contribution in [-0.4, -0.2) is 84.1 Å². The maximum absolute atomic E-state index is 12.1. The molecule has 3 saturated heterocycles. The predicted octanol–water partition coefficient (Wildman–Crippen LogP) is 4.42. The van der Waals surface area contributed by atoms with Gasteiger partial charge in [0.25, 0.3) is 0 Å². The highest BCUT2D eigenvalue weighted by atomic mass is 32.2. The molecule has 0 spiro atoms. The van der Waals surface area contributed by atoms with Gasteiger partial charge >= 0.3 is 0 Å². The number of carbonyl (C=O) groups excluding carboxylic acids is 1. The number of phenolic OH excluding ortho intramolecular Hbond substituents is 2. The molecule has 3 fully saturated rings. The molecule has 2 N–H and O–H groups in total. The Kier molecular flexibility index (Phi) is 7.87. The minimum Gasteiger partial charge on any atom is -0.507 e. The third-order valence-corrected chi connectivity index (χ3v) is 10.5. The van der Waals surface area contributed by atoms with Crippen LogP contribution in [0.15, 0.2) is 12.1 Å². The number of hydrogen-bond donors (Lipinski definition) is 2. The molecule has 3 heterocycles. The Bertz CT molecular complexity index is 1180.